The van der Waals surface area contributed by atoms with Crippen LogP contribution >= 0.6 is 0 Å². The Labute approximate surface area is 152 Å². The minimum Gasteiger partial charge on any atom is -0.462 e. The Hall–Kier alpha value is -2.64. The molecule has 1 fully saturated rings. The summed E-state index contributed by atoms with van der Waals surface area (Å²) in [4.78, 5) is 36.0. The Bertz CT molecular complexity index is 665. The van der Waals surface area contributed by atoms with E-state index < -0.39 is 16.5 Å². The van der Waals surface area contributed by atoms with Gasteiger partial charge in [0.1, 0.15) is 5.60 Å². The maximum atomic E-state index is 12.2. The first-order valence-electron chi connectivity index (χ1n) is 8.58. The summed E-state index contributed by atoms with van der Waals surface area (Å²) >= 11 is 0. The number of nitro benzene ring substituents is 1. The first-order valence-corrected chi connectivity index (χ1v) is 8.58. The molecular weight excluding hydrogens is 340 g/mol. The summed E-state index contributed by atoms with van der Waals surface area (Å²) < 4.78 is 10.6. The second kappa shape index (κ2) is 8.16. The van der Waals surface area contributed by atoms with Crippen LogP contribution in [0, 0.1) is 10.1 Å². The molecule has 1 amide bonds. The van der Waals surface area contributed by atoms with Gasteiger partial charge in [0.2, 0.25) is 0 Å². The number of carbonyl (C=O) groups is 2. The minimum absolute atomic E-state index is 0.0190. The van der Waals surface area contributed by atoms with Crippen LogP contribution in [0.15, 0.2) is 24.3 Å². The second-order valence-electron chi connectivity index (χ2n) is 7.20. The van der Waals surface area contributed by atoms with Crippen molar-refractivity contribution in [3.05, 3.63) is 39.9 Å². The summed E-state index contributed by atoms with van der Waals surface area (Å²) in [5.74, 6) is -0.540. The van der Waals surface area contributed by atoms with Crippen molar-refractivity contribution >= 4 is 17.7 Å². The van der Waals surface area contributed by atoms with Gasteiger partial charge in [-0.1, -0.05) is 0 Å². The number of benzene rings is 1. The van der Waals surface area contributed by atoms with E-state index in [1.165, 1.54) is 24.3 Å². The highest BCUT2D eigenvalue weighted by Crippen LogP contribution is 2.23. The molecular formula is C18H24N2O6. The fraction of sp³-hybridized carbons (Fsp3) is 0.556. The molecule has 0 N–H and O–H groups in total. The van der Waals surface area contributed by atoms with E-state index in [1.54, 1.807) is 4.90 Å². The molecule has 0 aliphatic carbocycles. The molecule has 2 rings (SSSR count). The average molecular weight is 364 g/mol. The third-order valence-corrected chi connectivity index (χ3v) is 4.00. The number of rotatable bonds is 5. The Morgan fingerprint density at radius 3 is 2.50 bits per heavy atom. The topological polar surface area (TPSA) is 99.0 Å². The zero-order valence-electron chi connectivity index (χ0n) is 15.3. The number of nitrogens with zero attached hydrogens (tertiary/aromatic N) is 2. The zero-order chi connectivity index (χ0) is 19.3. The molecule has 0 radical (unpaired) electrons. The highest BCUT2D eigenvalue weighted by atomic mass is 16.6. The highest BCUT2D eigenvalue weighted by molar-refractivity contribution is 5.89. The molecule has 8 nitrogen and oxygen atoms in total. The molecule has 0 aromatic heterocycles. The lowest BCUT2D eigenvalue weighted by Crippen LogP contribution is -2.40. The first kappa shape index (κ1) is 19.7. The summed E-state index contributed by atoms with van der Waals surface area (Å²) in [5, 5.41) is 10.6. The first-order chi connectivity index (χ1) is 12.2. The third kappa shape index (κ3) is 5.44. The van der Waals surface area contributed by atoms with Gasteiger partial charge in [-0.05, 0) is 45.7 Å². The maximum Gasteiger partial charge on any atom is 0.410 e. The molecule has 1 saturated heterocycles. The maximum absolute atomic E-state index is 12.2. The van der Waals surface area contributed by atoms with Crippen molar-refractivity contribution in [3.63, 3.8) is 0 Å². The van der Waals surface area contributed by atoms with Crippen molar-refractivity contribution in [1.82, 2.24) is 4.90 Å². The van der Waals surface area contributed by atoms with Crippen LogP contribution < -0.4 is 0 Å². The number of likely N-dealkylation sites (tertiary alicyclic amines) is 1. The molecule has 1 aromatic carbocycles. The van der Waals surface area contributed by atoms with Crippen molar-refractivity contribution in [2.24, 2.45) is 0 Å². The van der Waals surface area contributed by atoms with Crippen LogP contribution in [0.2, 0.25) is 0 Å². The van der Waals surface area contributed by atoms with Crippen LogP contribution in [0.5, 0.6) is 0 Å². The van der Waals surface area contributed by atoms with Crippen LogP contribution in [0.4, 0.5) is 10.5 Å². The van der Waals surface area contributed by atoms with Crippen LogP contribution in [0.25, 0.3) is 0 Å². The Morgan fingerprint density at radius 2 is 1.92 bits per heavy atom. The van der Waals surface area contributed by atoms with Gasteiger partial charge in [-0.25, -0.2) is 9.59 Å². The number of nitro groups is 1. The van der Waals surface area contributed by atoms with Crippen molar-refractivity contribution in [1.29, 1.82) is 0 Å². The summed E-state index contributed by atoms with van der Waals surface area (Å²) in [5.41, 5.74) is -0.376. The second-order valence-corrected chi connectivity index (χ2v) is 7.20. The molecule has 1 aromatic rings. The third-order valence-electron chi connectivity index (χ3n) is 4.00. The number of carbonyl (C=O) groups excluding carboxylic acids is 2. The molecule has 1 atom stereocenters. The monoisotopic (exact) mass is 364 g/mol. The van der Waals surface area contributed by atoms with Gasteiger partial charge in [0, 0.05) is 31.1 Å². The molecule has 0 saturated carbocycles. The van der Waals surface area contributed by atoms with Crippen LogP contribution in [0.3, 0.4) is 0 Å². The predicted molar refractivity (Wildman–Crippen MR) is 94.0 cm³/mol. The van der Waals surface area contributed by atoms with E-state index in [0.717, 1.165) is 12.8 Å². The standard InChI is InChI=1S/C18H24N2O6/c1-18(2,3)26-17(22)19-11-4-5-14(19)10-12-25-16(21)13-6-8-15(9-7-13)20(23)24/h6-9,14H,4-5,10-12H2,1-3H3/t14-/m1/s1. The molecule has 26 heavy (non-hydrogen) atoms. The minimum atomic E-state index is -0.549. The van der Waals surface area contributed by atoms with E-state index in [2.05, 4.69) is 0 Å². The van der Waals surface area contributed by atoms with Crippen molar-refractivity contribution in [3.8, 4) is 0 Å². The Balaban J connectivity index is 1.83. The quantitative estimate of drug-likeness (QED) is 0.450. The molecule has 0 bridgehead atoms. The fourth-order valence-electron chi connectivity index (χ4n) is 2.79. The van der Waals surface area contributed by atoms with Crippen LogP contribution in [-0.4, -0.2) is 46.7 Å². The zero-order valence-corrected chi connectivity index (χ0v) is 15.3. The normalized spacial score (nSPS) is 17.0. The van der Waals surface area contributed by atoms with Gasteiger partial charge in [-0.15, -0.1) is 0 Å². The van der Waals surface area contributed by atoms with Gasteiger partial charge in [-0.3, -0.25) is 10.1 Å². The summed E-state index contributed by atoms with van der Waals surface area (Å²) in [6, 6.07) is 5.23. The summed E-state index contributed by atoms with van der Waals surface area (Å²) in [6.07, 6.45) is 1.91. The number of non-ortho nitro benzene ring substituents is 1. The van der Waals surface area contributed by atoms with E-state index in [-0.39, 0.29) is 30.0 Å². The van der Waals surface area contributed by atoms with Crippen molar-refractivity contribution in [2.45, 2.75) is 51.7 Å². The van der Waals surface area contributed by atoms with Gasteiger partial charge < -0.3 is 14.4 Å². The van der Waals surface area contributed by atoms with Gasteiger partial charge in [0.05, 0.1) is 17.1 Å². The van der Waals surface area contributed by atoms with Crippen molar-refractivity contribution in [2.75, 3.05) is 13.2 Å². The molecule has 8 heteroatoms. The molecule has 0 unspecified atom stereocenters. The molecule has 0 spiro atoms. The van der Waals surface area contributed by atoms with E-state index in [9.17, 15) is 19.7 Å². The van der Waals surface area contributed by atoms with Crippen LogP contribution in [-0.2, 0) is 9.47 Å². The van der Waals surface area contributed by atoms with Gasteiger partial charge in [0.25, 0.3) is 5.69 Å². The lowest BCUT2D eigenvalue weighted by atomic mass is 10.1. The molecule has 1 aliphatic rings. The molecule has 1 heterocycles. The summed E-state index contributed by atoms with van der Waals surface area (Å²) in [7, 11) is 0. The number of amides is 1. The van der Waals surface area contributed by atoms with Gasteiger partial charge in [0.15, 0.2) is 0 Å². The van der Waals surface area contributed by atoms with E-state index in [4.69, 9.17) is 9.47 Å². The largest absolute Gasteiger partial charge is 0.462 e. The predicted octanol–water partition coefficient (Wildman–Crippen LogP) is 3.54. The number of hydrogen-bond acceptors (Lipinski definition) is 6. The average Bonchev–Trinajstić information content (AvgIpc) is 3.02. The Morgan fingerprint density at radius 1 is 1.27 bits per heavy atom. The lowest BCUT2D eigenvalue weighted by molar-refractivity contribution is -0.384. The molecule has 1 aliphatic heterocycles. The lowest BCUT2D eigenvalue weighted by Gasteiger charge is -2.28. The highest BCUT2D eigenvalue weighted by Gasteiger charge is 2.32. The smallest absolute Gasteiger partial charge is 0.410 e. The van der Waals surface area contributed by atoms with E-state index in [0.29, 0.717) is 13.0 Å². The van der Waals surface area contributed by atoms with Gasteiger partial charge >= 0.3 is 12.1 Å². The van der Waals surface area contributed by atoms with Gasteiger partial charge in [-0.2, -0.15) is 0 Å². The SMILES string of the molecule is CC(C)(C)OC(=O)N1CCC[C@@H]1CCOC(=O)c1ccc([N+](=O)[O-])cc1. The Kier molecular flexibility index (Phi) is 6.18. The summed E-state index contributed by atoms with van der Waals surface area (Å²) in [6.45, 7) is 6.27. The number of ether oxygens (including phenoxy) is 2. The number of hydrogen-bond donors (Lipinski definition) is 0. The van der Waals surface area contributed by atoms with E-state index >= 15 is 0 Å². The fourth-order valence-corrected chi connectivity index (χ4v) is 2.79. The van der Waals surface area contributed by atoms with Crippen LogP contribution in [0.1, 0.15) is 50.4 Å². The van der Waals surface area contributed by atoms with Crippen molar-refractivity contribution < 1.29 is 24.0 Å². The molecule has 142 valence electrons. The number of esters is 1. The van der Waals surface area contributed by atoms with E-state index in [1.807, 2.05) is 20.8 Å².